The van der Waals surface area contributed by atoms with Gasteiger partial charge < -0.3 is 10.1 Å². The molecule has 78 valence electrons. The topological polar surface area (TPSA) is 47.3 Å². The number of likely N-dealkylation sites (N-methyl/N-ethyl adjacent to an activating group) is 1. The Kier molecular flexibility index (Phi) is 8.86. The van der Waals surface area contributed by atoms with E-state index in [1.165, 1.54) is 0 Å². The fourth-order valence-corrected chi connectivity index (χ4v) is 0.371. The molecule has 0 spiro atoms. The van der Waals surface area contributed by atoms with Crippen LogP contribution in [0.2, 0.25) is 0 Å². The third-order valence-corrected chi connectivity index (χ3v) is 1.66. The molecule has 3 heteroatoms. The van der Waals surface area contributed by atoms with E-state index in [2.05, 4.69) is 11.9 Å². The van der Waals surface area contributed by atoms with Crippen LogP contribution in [0.3, 0.4) is 0 Å². The SMILES string of the molecule is C/C=C\C.C=C(NC)C(C)(N)OC. The van der Waals surface area contributed by atoms with Gasteiger partial charge in [-0.3, -0.25) is 5.73 Å². The third kappa shape index (κ3) is 7.56. The smallest absolute Gasteiger partial charge is 0.153 e. The average molecular weight is 186 g/mol. The highest BCUT2D eigenvalue weighted by atomic mass is 16.5. The number of nitrogens with two attached hydrogens (primary N) is 1. The van der Waals surface area contributed by atoms with E-state index in [9.17, 15) is 0 Å². The van der Waals surface area contributed by atoms with Gasteiger partial charge in [0, 0.05) is 14.2 Å². The van der Waals surface area contributed by atoms with Crippen LogP contribution in [0.1, 0.15) is 20.8 Å². The van der Waals surface area contributed by atoms with Gasteiger partial charge in [0.2, 0.25) is 0 Å². The first-order chi connectivity index (χ1) is 5.96. The number of hydrogen-bond donors (Lipinski definition) is 2. The number of rotatable bonds is 3. The van der Waals surface area contributed by atoms with Crippen LogP contribution in [0.25, 0.3) is 0 Å². The Morgan fingerprint density at radius 3 is 1.92 bits per heavy atom. The summed E-state index contributed by atoms with van der Waals surface area (Å²) in [5, 5.41) is 2.81. The first-order valence-corrected chi connectivity index (χ1v) is 4.24. The van der Waals surface area contributed by atoms with E-state index in [0.717, 1.165) is 0 Å². The lowest BCUT2D eigenvalue weighted by Crippen LogP contribution is -2.44. The molecule has 0 rings (SSSR count). The molecule has 0 aromatic carbocycles. The molecule has 0 aliphatic carbocycles. The summed E-state index contributed by atoms with van der Waals surface area (Å²) in [7, 11) is 3.30. The summed E-state index contributed by atoms with van der Waals surface area (Å²) in [6.07, 6.45) is 4.00. The Balaban J connectivity index is 0. The van der Waals surface area contributed by atoms with E-state index >= 15 is 0 Å². The van der Waals surface area contributed by atoms with Gasteiger partial charge in [0.1, 0.15) is 0 Å². The van der Waals surface area contributed by atoms with Gasteiger partial charge in [-0.2, -0.15) is 0 Å². The number of nitrogens with one attached hydrogen (secondary N) is 1. The lowest BCUT2D eigenvalue weighted by atomic mass is 10.2. The minimum Gasteiger partial charge on any atom is -0.388 e. The van der Waals surface area contributed by atoms with Crippen molar-refractivity contribution >= 4 is 0 Å². The van der Waals surface area contributed by atoms with Gasteiger partial charge in [-0.05, 0) is 20.8 Å². The second kappa shape index (κ2) is 7.83. The molecule has 0 radical (unpaired) electrons. The Labute approximate surface area is 81.7 Å². The van der Waals surface area contributed by atoms with Crippen molar-refractivity contribution in [2.45, 2.75) is 26.5 Å². The molecule has 0 amide bonds. The maximum absolute atomic E-state index is 5.59. The van der Waals surface area contributed by atoms with Gasteiger partial charge in [0.15, 0.2) is 5.72 Å². The molecule has 0 aliphatic heterocycles. The number of allylic oxidation sites excluding steroid dienone is 2. The van der Waals surface area contributed by atoms with Crippen LogP contribution in [-0.2, 0) is 4.74 Å². The number of methoxy groups -OCH3 is 1. The molecule has 3 N–H and O–H groups in total. The maximum atomic E-state index is 5.59. The molecule has 0 saturated heterocycles. The maximum Gasteiger partial charge on any atom is 0.153 e. The van der Waals surface area contributed by atoms with Gasteiger partial charge in [0.05, 0.1) is 5.70 Å². The van der Waals surface area contributed by atoms with Gasteiger partial charge in [-0.15, -0.1) is 0 Å². The highest BCUT2D eigenvalue weighted by Crippen LogP contribution is 2.06. The zero-order valence-electron chi connectivity index (χ0n) is 9.35. The molecule has 0 saturated carbocycles. The summed E-state index contributed by atoms with van der Waals surface area (Å²) in [5.74, 6) is 0. The zero-order valence-corrected chi connectivity index (χ0v) is 9.35. The fourth-order valence-electron chi connectivity index (χ4n) is 0.371. The van der Waals surface area contributed by atoms with Crippen LogP contribution in [-0.4, -0.2) is 19.9 Å². The molecule has 0 bridgehead atoms. The van der Waals surface area contributed by atoms with E-state index < -0.39 is 5.72 Å². The zero-order chi connectivity index (χ0) is 10.9. The van der Waals surface area contributed by atoms with Crippen molar-refractivity contribution < 1.29 is 4.74 Å². The highest BCUT2D eigenvalue weighted by Gasteiger charge is 2.19. The largest absolute Gasteiger partial charge is 0.388 e. The van der Waals surface area contributed by atoms with Crippen molar-refractivity contribution in [2.75, 3.05) is 14.2 Å². The second-order valence-electron chi connectivity index (χ2n) is 2.71. The molecule has 0 fully saturated rings. The number of ether oxygens (including phenoxy) is 1. The van der Waals surface area contributed by atoms with Crippen molar-refractivity contribution in [3.63, 3.8) is 0 Å². The molecule has 0 heterocycles. The lowest BCUT2D eigenvalue weighted by molar-refractivity contribution is 0.0397. The van der Waals surface area contributed by atoms with Crippen LogP contribution < -0.4 is 11.1 Å². The van der Waals surface area contributed by atoms with Gasteiger partial charge in [-0.1, -0.05) is 18.7 Å². The average Bonchev–Trinajstić information content (AvgIpc) is 2.16. The van der Waals surface area contributed by atoms with Crippen molar-refractivity contribution in [1.82, 2.24) is 5.32 Å². The van der Waals surface area contributed by atoms with Gasteiger partial charge >= 0.3 is 0 Å². The van der Waals surface area contributed by atoms with Crippen LogP contribution in [0.5, 0.6) is 0 Å². The molecule has 3 nitrogen and oxygen atoms in total. The molecule has 0 aromatic heterocycles. The lowest BCUT2D eigenvalue weighted by Gasteiger charge is -2.24. The Hall–Kier alpha value is -0.800. The Morgan fingerprint density at radius 2 is 1.85 bits per heavy atom. The van der Waals surface area contributed by atoms with Crippen LogP contribution in [0.4, 0.5) is 0 Å². The molecule has 13 heavy (non-hydrogen) atoms. The summed E-state index contributed by atoms with van der Waals surface area (Å²) >= 11 is 0. The van der Waals surface area contributed by atoms with Crippen LogP contribution in [0.15, 0.2) is 24.4 Å². The second-order valence-corrected chi connectivity index (χ2v) is 2.71. The minimum atomic E-state index is -0.755. The molecule has 0 aliphatic rings. The normalized spacial score (nSPS) is 14.3. The van der Waals surface area contributed by atoms with Crippen LogP contribution >= 0.6 is 0 Å². The quantitative estimate of drug-likeness (QED) is 0.520. The van der Waals surface area contributed by atoms with Crippen molar-refractivity contribution in [3.8, 4) is 0 Å². The summed E-state index contributed by atoms with van der Waals surface area (Å²) in [6, 6.07) is 0. The molecular formula is C10H22N2O. The van der Waals surface area contributed by atoms with E-state index in [0.29, 0.717) is 5.70 Å². The predicted octanol–water partition coefficient (Wildman–Crippen LogP) is 1.62. The molecule has 1 atom stereocenters. The fraction of sp³-hybridized carbons (Fsp3) is 0.600. The first kappa shape index (κ1) is 14.7. The van der Waals surface area contributed by atoms with Crippen molar-refractivity contribution in [1.29, 1.82) is 0 Å². The molecular weight excluding hydrogens is 164 g/mol. The standard InChI is InChI=1S/C6H14N2O.C4H8/c1-5(8-3)6(2,7)9-4;1-3-4-2/h8H,1,7H2,2-4H3;3-4H,1-2H3/b;4-3-. The Bertz CT molecular complexity index is 158. The minimum absolute atomic E-state index is 0.671. The summed E-state index contributed by atoms with van der Waals surface area (Å²) in [5.41, 5.74) is 5.50. The van der Waals surface area contributed by atoms with E-state index in [1.54, 1.807) is 21.1 Å². The number of hydrogen-bond acceptors (Lipinski definition) is 3. The first-order valence-electron chi connectivity index (χ1n) is 4.24. The Morgan fingerprint density at radius 1 is 1.46 bits per heavy atom. The molecule has 0 aromatic rings. The predicted molar refractivity (Wildman–Crippen MR) is 58.3 cm³/mol. The van der Waals surface area contributed by atoms with E-state index in [-0.39, 0.29) is 0 Å². The van der Waals surface area contributed by atoms with Gasteiger partial charge in [-0.25, -0.2) is 0 Å². The summed E-state index contributed by atoms with van der Waals surface area (Å²) in [4.78, 5) is 0. The van der Waals surface area contributed by atoms with E-state index in [4.69, 9.17) is 10.5 Å². The summed E-state index contributed by atoms with van der Waals surface area (Å²) in [6.45, 7) is 9.40. The molecule has 1 unspecified atom stereocenters. The monoisotopic (exact) mass is 186 g/mol. The highest BCUT2D eigenvalue weighted by molar-refractivity contribution is 5.04. The van der Waals surface area contributed by atoms with E-state index in [1.807, 2.05) is 26.0 Å². The van der Waals surface area contributed by atoms with Crippen molar-refractivity contribution in [3.05, 3.63) is 24.4 Å². The van der Waals surface area contributed by atoms with Crippen LogP contribution in [0, 0.1) is 0 Å². The van der Waals surface area contributed by atoms with Crippen molar-refractivity contribution in [2.24, 2.45) is 5.73 Å². The third-order valence-electron chi connectivity index (χ3n) is 1.66. The summed E-state index contributed by atoms with van der Waals surface area (Å²) < 4.78 is 4.91. The van der Waals surface area contributed by atoms with Gasteiger partial charge in [0.25, 0.3) is 0 Å².